The molecule has 1 saturated heterocycles. The minimum absolute atomic E-state index is 0.231. The summed E-state index contributed by atoms with van der Waals surface area (Å²) in [5, 5.41) is 9.15. The molecule has 0 radical (unpaired) electrons. The van der Waals surface area contributed by atoms with Crippen molar-refractivity contribution in [3.05, 3.63) is 24.0 Å². The lowest BCUT2D eigenvalue weighted by atomic mass is 9.99. The summed E-state index contributed by atoms with van der Waals surface area (Å²) in [5.74, 6) is 0. The summed E-state index contributed by atoms with van der Waals surface area (Å²) in [4.78, 5) is 6.83. The molecular weight excluding hydrogens is 246 g/mol. The summed E-state index contributed by atoms with van der Waals surface area (Å²) in [5.41, 5.74) is 7.38. The molecule has 1 aliphatic rings. The van der Waals surface area contributed by atoms with Gasteiger partial charge in [0.2, 0.25) is 0 Å². The molecule has 0 amide bonds. The normalized spacial score (nSPS) is 19.8. The van der Waals surface area contributed by atoms with Crippen molar-refractivity contribution in [3.63, 3.8) is 0 Å². The number of hydrogen-bond donors (Lipinski definition) is 2. The number of aliphatic hydroxyl groups is 1. The van der Waals surface area contributed by atoms with Crippen molar-refractivity contribution < 1.29 is 5.11 Å². The van der Waals surface area contributed by atoms with E-state index >= 15 is 0 Å². The summed E-state index contributed by atoms with van der Waals surface area (Å²) in [7, 11) is 0. The molecule has 3 N–H and O–H groups in total. The Balaban J connectivity index is 2.22. The zero-order chi connectivity index (χ0) is 13.0. The molecule has 1 fully saturated rings. The number of hydrogen-bond acceptors (Lipinski definition) is 4. The van der Waals surface area contributed by atoms with E-state index in [2.05, 4.69) is 9.88 Å². The van der Waals surface area contributed by atoms with Crippen LogP contribution in [-0.2, 0) is 0 Å². The van der Waals surface area contributed by atoms with Crippen LogP contribution in [0.2, 0.25) is 0 Å². The third kappa shape index (κ3) is 2.97. The van der Waals surface area contributed by atoms with Crippen LogP contribution in [0.15, 0.2) is 18.3 Å². The predicted octanol–water partition coefficient (Wildman–Crippen LogP) is 1.46. The highest BCUT2D eigenvalue weighted by molar-refractivity contribution is 7.80. The number of aliphatic hydroxyl groups excluding tert-OH is 1. The molecule has 1 aromatic rings. The Hall–Kier alpha value is -1.20. The highest BCUT2D eigenvalue weighted by Crippen LogP contribution is 2.26. The molecule has 2 rings (SSSR count). The van der Waals surface area contributed by atoms with Gasteiger partial charge in [-0.25, -0.2) is 0 Å². The van der Waals surface area contributed by atoms with Gasteiger partial charge in [-0.15, -0.1) is 0 Å². The second kappa shape index (κ2) is 6.11. The van der Waals surface area contributed by atoms with Crippen molar-refractivity contribution in [3.8, 4) is 0 Å². The summed E-state index contributed by atoms with van der Waals surface area (Å²) < 4.78 is 0. The third-order valence-corrected chi connectivity index (χ3v) is 3.63. The van der Waals surface area contributed by atoms with Gasteiger partial charge in [-0.1, -0.05) is 12.2 Å². The number of nitrogens with two attached hydrogens (primary N) is 1. The SMILES string of the molecule is NC(=S)c1cc(N2CCCCC2CCO)ccn1. The zero-order valence-corrected chi connectivity index (χ0v) is 11.2. The third-order valence-electron chi connectivity index (χ3n) is 3.42. The molecule has 4 nitrogen and oxygen atoms in total. The first-order chi connectivity index (χ1) is 8.72. The van der Waals surface area contributed by atoms with E-state index in [0.717, 1.165) is 25.1 Å². The maximum atomic E-state index is 9.15. The Morgan fingerprint density at radius 3 is 3.11 bits per heavy atom. The van der Waals surface area contributed by atoms with Crippen LogP contribution in [0, 0.1) is 0 Å². The van der Waals surface area contributed by atoms with E-state index < -0.39 is 0 Å². The fraction of sp³-hybridized carbons (Fsp3) is 0.538. The summed E-state index contributed by atoms with van der Waals surface area (Å²) >= 11 is 4.96. The first-order valence-corrected chi connectivity index (χ1v) is 6.76. The molecule has 5 heteroatoms. The molecule has 0 aliphatic carbocycles. The number of aromatic nitrogens is 1. The minimum atomic E-state index is 0.231. The van der Waals surface area contributed by atoms with E-state index in [9.17, 15) is 0 Å². The van der Waals surface area contributed by atoms with E-state index in [0.29, 0.717) is 16.7 Å². The standard InChI is InChI=1S/C13H19N3OS/c14-13(18)12-9-11(4-6-15-12)16-7-2-1-3-10(16)5-8-17/h4,6,9-10,17H,1-3,5,7-8H2,(H2,14,18). The van der Waals surface area contributed by atoms with Crippen LogP contribution in [0.4, 0.5) is 5.69 Å². The monoisotopic (exact) mass is 265 g/mol. The van der Waals surface area contributed by atoms with E-state index in [1.807, 2.05) is 12.1 Å². The minimum Gasteiger partial charge on any atom is -0.396 e. The van der Waals surface area contributed by atoms with Crippen molar-refractivity contribution in [1.29, 1.82) is 0 Å². The van der Waals surface area contributed by atoms with Crippen LogP contribution in [0.5, 0.6) is 0 Å². The van der Waals surface area contributed by atoms with Gasteiger partial charge in [0, 0.05) is 31.1 Å². The molecule has 0 spiro atoms. The summed E-state index contributed by atoms with van der Waals surface area (Å²) in [6.45, 7) is 1.25. The molecule has 18 heavy (non-hydrogen) atoms. The van der Waals surface area contributed by atoms with Crippen molar-refractivity contribution in [2.75, 3.05) is 18.1 Å². The maximum absolute atomic E-state index is 9.15. The number of anilines is 1. The second-order valence-corrected chi connectivity index (χ2v) is 5.06. The van der Waals surface area contributed by atoms with Crippen molar-refractivity contribution >= 4 is 22.9 Å². The second-order valence-electron chi connectivity index (χ2n) is 4.62. The molecule has 1 atom stereocenters. The fourth-order valence-electron chi connectivity index (χ4n) is 2.52. The number of piperidine rings is 1. The average Bonchev–Trinajstić information content (AvgIpc) is 2.40. The first-order valence-electron chi connectivity index (χ1n) is 6.35. The molecule has 1 unspecified atom stereocenters. The Morgan fingerprint density at radius 1 is 1.56 bits per heavy atom. The van der Waals surface area contributed by atoms with Crippen molar-refractivity contribution in [2.24, 2.45) is 5.73 Å². The maximum Gasteiger partial charge on any atom is 0.122 e. The lowest BCUT2D eigenvalue weighted by Crippen LogP contribution is -2.40. The number of pyridine rings is 1. The zero-order valence-electron chi connectivity index (χ0n) is 10.4. The largest absolute Gasteiger partial charge is 0.396 e. The van der Waals surface area contributed by atoms with Gasteiger partial charge in [0.25, 0.3) is 0 Å². The fourth-order valence-corrected chi connectivity index (χ4v) is 2.63. The van der Waals surface area contributed by atoms with E-state index in [1.165, 1.54) is 12.8 Å². The van der Waals surface area contributed by atoms with Gasteiger partial charge in [-0.05, 0) is 37.8 Å². The summed E-state index contributed by atoms with van der Waals surface area (Å²) in [6, 6.07) is 4.33. The Bertz CT molecular complexity index is 422. The van der Waals surface area contributed by atoms with E-state index in [1.54, 1.807) is 6.20 Å². The van der Waals surface area contributed by atoms with Crippen LogP contribution >= 0.6 is 12.2 Å². The van der Waals surface area contributed by atoms with Gasteiger partial charge >= 0.3 is 0 Å². The van der Waals surface area contributed by atoms with Crippen LogP contribution in [0.3, 0.4) is 0 Å². The van der Waals surface area contributed by atoms with Gasteiger partial charge in [0.1, 0.15) is 4.99 Å². The molecular formula is C13H19N3OS. The van der Waals surface area contributed by atoms with Gasteiger partial charge in [0.05, 0.1) is 5.69 Å². The van der Waals surface area contributed by atoms with Crippen molar-refractivity contribution in [2.45, 2.75) is 31.7 Å². The molecule has 0 aromatic carbocycles. The van der Waals surface area contributed by atoms with Crippen LogP contribution in [0.25, 0.3) is 0 Å². The lowest BCUT2D eigenvalue weighted by molar-refractivity contribution is 0.262. The predicted molar refractivity (Wildman–Crippen MR) is 76.8 cm³/mol. The molecule has 0 saturated carbocycles. The van der Waals surface area contributed by atoms with Gasteiger partial charge in [-0.3, -0.25) is 4.98 Å². The first kappa shape index (κ1) is 13.2. The molecule has 0 bridgehead atoms. The number of nitrogens with zero attached hydrogens (tertiary/aromatic N) is 2. The average molecular weight is 265 g/mol. The van der Waals surface area contributed by atoms with E-state index in [-0.39, 0.29) is 6.61 Å². The highest BCUT2D eigenvalue weighted by Gasteiger charge is 2.22. The topological polar surface area (TPSA) is 62.4 Å². The molecule has 1 aromatic heterocycles. The molecule has 98 valence electrons. The number of rotatable bonds is 4. The van der Waals surface area contributed by atoms with Crippen LogP contribution in [-0.4, -0.2) is 34.3 Å². The summed E-state index contributed by atoms with van der Waals surface area (Å²) in [6.07, 6.45) is 6.10. The molecule has 1 aliphatic heterocycles. The Kier molecular flexibility index (Phi) is 4.49. The van der Waals surface area contributed by atoms with E-state index in [4.69, 9.17) is 23.1 Å². The van der Waals surface area contributed by atoms with Gasteiger partial charge < -0.3 is 15.7 Å². The van der Waals surface area contributed by atoms with Crippen LogP contribution in [0.1, 0.15) is 31.4 Å². The Morgan fingerprint density at radius 2 is 2.39 bits per heavy atom. The van der Waals surface area contributed by atoms with Gasteiger partial charge in [-0.2, -0.15) is 0 Å². The Labute approximate surface area is 113 Å². The molecule has 2 heterocycles. The van der Waals surface area contributed by atoms with Crippen molar-refractivity contribution in [1.82, 2.24) is 4.98 Å². The highest BCUT2D eigenvalue weighted by atomic mass is 32.1. The quantitative estimate of drug-likeness (QED) is 0.807. The van der Waals surface area contributed by atoms with Gasteiger partial charge in [0.15, 0.2) is 0 Å². The number of thiocarbonyl (C=S) groups is 1. The smallest absolute Gasteiger partial charge is 0.122 e. The lowest BCUT2D eigenvalue weighted by Gasteiger charge is -2.37. The van der Waals surface area contributed by atoms with Crippen LogP contribution < -0.4 is 10.6 Å².